The summed E-state index contributed by atoms with van der Waals surface area (Å²) in [6.07, 6.45) is 0. The van der Waals surface area contributed by atoms with Crippen LogP contribution in [0.3, 0.4) is 0 Å². The molecule has 0 aliphatic rings. The molecule has 0 atom stereocenters. The Morgan fingerprint density at radius 1 is 0.159 bits per heavy atom. The highest BCUT2D eigenvalue weighted by molar-refractivity contribution is 6.14. The van der Waals surface area contributed by atoms with E-state index in [2.05, 4.69) is 97.7 Å². The van der Waals surface area contributed by atoms with Crippen LogP contribution in [-0.2, 0) is 0 Å². The van der Waals surface area contributed by atoms with Crippen molar-refractivity contribution >= 4 is 55.0 Å². The molecule has 0 spiro atoms. The maximum absolute atomic E-state index is 8.82. The summed E-state index contributed by atoms with van der Waals surface area (Å²) < 4.78 is 4.43. The van der Waals surface area contributed by atoms with Crippen molar-refractivity contribution in [2.24, 2.45) is 0 Å². The van der Waals surface area contributed by atoms with Gasteiger partial charge in [-0.15, -0.1) is 0 Å². The lowest BCUT2D eigenvalue weighted by atomic mass is 9.99. The molecule has 0 aliphatic carbocycles. The lowest BCUT2D eigenvalue weighted by Gasteiger charge is -2.18. The van der Waals surface area contributed by atoms with Crippen molar-refractivity contribution in [1.29, 1.82) is 0 Å². The first-order valence-electron chi connectivity index (χ1n) is 42.9. The fourth-order valence-corrected chi connectivity index (χ4v) is 17.1. The van der Waals surface area contributed by atoms with Crippen LogP contribution in [0.25, 0.3) is 247 Å². The summed E-state index contributed by atoms with van der Waals surface area (Å²) in [5.74, 6) is 6.97. The van der Waals surface area contributed by atoms with E-state index in [1.165, 1.54) is 0 Å². The van der Waals surface area contributed by atoms with Gasteiger partial charge in [-0.3, -0.25) is 0 Å². The van der Waals surface area contributed by atoms with Crippen molar-refractivity contribution in [2.75, 3.05) is 0 Å². The molecule has 0 unspecified atom stereocenters. The molecular formula is C113H67N19. The van der Waals surface area contributed by atoms with E-state index in [-0.39, 0.29) is 0 Å². The number of hydrogen-bond donors (Lipinski definition) is 0. The first-order chi connectivity index (χ1) is 65.3. The van der Waals surface area contributed by atoms with Gasteiger partial charge in [0.25, 0.3) is 0 Å². The van der Waals surface area contributed by atoms with E-state index in [1.807, 2.05) is 328 Å². The fraction of sp³-hybridized carbons (Fsp3) is 0. The first kappa shape index (κ1) is 77.9. The summed E-state index contributed by atoms with van der Waals surface area (Å²) in [6.45, 7) is 17.4. The summed E-state index contributed by atoms with van der Waals surface area (Å²) in [4.78, 5) is 87.7. The van der Waals surface area contributed by atoms with Gasteiger partial charge < -0.3 is 9.13 Å². The van der Waals surface area contributed by atoms with E-state index >= 15 is 0 Å². The van der Waals surface area contributed by atoms with Crippen molar-refractivity contribution in [3.8, 4) is 193 Å². The minimum Gasteiger partial charge on any atom is -0.310 e. The number of aromatic nitrogens is 17. The van der Waals surface area contributed by atoms with Crippen molar-refractivity contribution in [2.45, 2.75) is 0 Å². The molecule has 0 amide bonds. The third-order valence-corrected chi connectivity index (χ3v) is 23.4. The molecule has 0 saturated heterocycles. The average Bonchev–Trinajstić information content (AvgIpc) is 1.54. The van der Waals surface area contributed by atoms with Crippen LogP contribution in [0.5, 0.6) is 0 Å². The van der Waals surface area contributed by atoms with E-state index < -0.39 is 0 Å². The van der Waals surface area contributed by atoms with Crippen LogP contribution in [0.15, 0.2) is 406 Å². The van der Waals surface area contributed by atoms with Gasteiger partial charge in [0.1, 0.15) is 0 Å². The number of para-hydroxylation sites is 1. The molecule has 0 fully saturated rings. The maximum Gasteiger partial charge on any atom is 0.194 e. The van der Waals surface area contributed by atoms with Crippen molar-refractivity contribution in [3.63, 3.8) is 0 Å². The number of fused-ring (bicyclic) bond motifs is 6. The summed E-state index contributed by atoms with van der Waals surface area (Å²) >= 11 is 0. The molecule has 23 rings (SSSR count). The minimum absolute atomic E-state index is 0.298. The second-order valence-corrected chi connectivity index (χ2v) is 31.6. The molecule has 19 heteroatoms. The van der Waals surface area contributed by atoms with Crippen LogP contribution in [0.4, 0.5) is 11.4 Å². The van der Waals surface area contributed by atoms with Crippen LogP contribution in [0.2, 0.25) is 0 Å². The summed E-state index contributed by atoms with van der Waals surface area (Å²) in [5.41, 5.74) is 18.2. The van der Waals surface area contributed by atoms with E-state index in [4.69, 9.17) is 87.9 Å². The lowest BCUT2D eigenvalue weighted by molar-refractivity contribution is 1.06. The Morgan fingerprint density at radius 2 is 0.394 bits per heavy atom. The quantitative estimate of drug-likeness (QED) is 0.0731. The van der Waals surface area contributed by atoms with Gasteiger partial charge in [-0.05, 0) is 102 Å². The van der Waals surface area contributed by atoms with Gasteiger partial charge in [0.2, 0.25) is 0 Å². The number of benzene rings is 16. The molecule has 614 valence electrons. The van der Waals surface area contributed by atoms with E-state index in [0.717, 1.165) is 116 Å². The van der Waals surface area contributed by atoms with Crippen LogP contribution in [0.1, 0.15) is 0 Å². The standard InChI is InChI=1S/C113H67N19/c1-114-84-57-58-86(98(69-84)132-95-62-55-82(110-124-103(74-40-20-7-21-41-74)118-104(125-110)75-42-22-8-23-43-75)67-89(95)90-68-83(56-63-96(90)132)111-126-105(76-44-24-9-25-45-76)119-106(127-111)77-46-26-10-27-47-77)112-128-107(78-48-28-11-29-49-78)129-113(130-112)91-64-79(85-50-30-31-51-92(85)115-2)52-59-97(91)131-93-60-53-80(108-120-99(70-32-12-3-13-33-70)116-100(121-108)71-34-14-4-15-35-71)65-87(93)88-66-81(54-61-94(88)131)109-122-101(72-36-16-5-17-37-72)117-102(123-109)73-38-18-6-19-39-73/h3-69H. The predicted molar refractivity (Wildman–Crippen MR) is 522 cm³/mol. The second-order valence-electron chi connectivity index (χ2n) is 31.6. The summed E-state index contributed by atoms with van der Waals surface area (Å²) in [7, 11) is 0. The van der Waals surface area contributed by atoms with Crippen molar-refractivity contribution < 1.29 is 0 Å². The van der Waals surface area contributed by atoms with Crippen LogP contribution in [0, 0.1) is 13.1 Å². The van der Waals surface area contributed by atoms with Crippen molar-refractivity contribution in [1.82, 2.24) is 83.9 Å². The molecule has 0 aliphatic heterocycles. The number of nitrogens with zero attached hydrogens (tertiary/aromatic N) is 19. The highest BCUT2D eigenvalue weighted by Crippen LogP contribution is 2.46. The smallest absolute Gasteiger partial charge is 0.194 e. The Morgan fingerprint density at radius 3 is 0.674 bits per heavy atom. The highest BCUT2D eigenvalue weighted by atomic mass is 15.1. The van der Waals surface area contributed by atoms with Gasteiger partial charge in [-0.25, -0.2) is 84.4 Å². The average molecular weight is 1690 g/mol. The molecular weight excluding hydrogens is 1620 g/mol. The maximum atomic E-state index is 8.82. The third-order valence-electron chi connectivity index (χ3n) is 23.4. The molecule has 0 bridgehead atoms. The van der Waals surface area contributed by atoms with Gasteiger partial charge in [-0.2, -0.15) is 0 Å². The van der Waals surface area contributed by atoms with Gasteiger partial charge in [-0.1, -0.05) is 315 Å². The lowest BCUT2D eigenvalue weighted by Crippen LogP contribution is -2.06. The predicted octanol–water partition coefficient (Wildman–Crippen LogP) is 26.6. The second kappa shape index (κ2) is 33.6. The minimum atomic E-state index is 0.298. The Labute approximate surface area is 756 Å². The molecule has 23 aromatic rings. The third kappa shape index (κ3) is 14.8. The zero-order chi connectivity index (χ0) is 88.0. The highest BCUT2D eigenvalue weighted by Gasteiger charge is 2.28. The molecule has 0 N–H and O–H groups in total. The largest absolute Gasteiger partial charge is 0.310 e. The summed E-state index contributed by atoms with van der Waals surface area (Å²) in [5, 5.41) is 3.34. The van der Waals surface area contributed by atoms with Gasteiger partial charge in [0.15, 0.2) is 98.7 Å². The number of hydrogen-bond acceptors (Lipinski definition) is 15. The zero-order valence-electron chi connectivity index (χ0n) is 70.2. The normalized spacial score (nSPS) is 11.3. The molecule has 19 nitrogen and oxygen atoms in total. The molecule has 132 heavy (non-hydrogen) atoms. The van der Waals surface area contributed by atoms with E-state index in [9.17, 15) is 0 Å². The van der Waals surface area contributed by atoms with Crippen molar-refractivity contribution in [3.05, 3.63) is 429 Å². The SMILES string of the molecule is [C-]#[N+]c1ccc(-c2nc(-c3ccccc3)nc(-c3cc(-c4ccccc4[N+]#[C-])ccc3-n3c4ccc(-c5nc(-c6ccccc6)nc(-c6ccccc6)n5)cc4c4cc(-c5nc(-c6ccccc6)nc(-c6ccccc6)n5)ccc43)n2)c(-n2c3ccc(-c4nc(-c5ccccc5)nc(-c5ccccc5)n4)cc3c3cc(-c4nc(-c5ccccc5)nc(-c5ccccc5)n4)ccc32)c1. The molecule has 7 heterocycles. The molecule has 16 aromatic carbocycles. The van der Waals surface area contributed by atoms with E-state index in [0.29, 0.717) is 132 Å². The fourth-order valence-electron chi connectivity index (χ4n) is 17.1. The van der Waals surface area contributed by atoms with Crippen LogP contribution >= 0.6 is 0 Å². The van der Waals surface area contributed by atoms with Crippen LogP contribution < -0.4 is 0 Å². The Kier molecular flexibility index (Phi) is 19.8. The summed E-state index contributed by atoms with van der Waals surface area (Å²) in [6, 6.07) is 134. The number of rotatable bonds is 18. The monoisotopic (exact) mass is 1690 g/mol. The van der Waals surface area contributed by atoms with Gasteiger partial charge >= 0.3 is 0 Å². The Hall–Kier alpha value is -18.9. The topological polar surface area (TPSA) is 212 Å². The molecule has 0 saturated carbocycles. The van der Waals surface area contributed by atoms with Gasteiger partial charge in [0.05, 0.1) is 40.9 Å². The van der Waals surface area contributed by atoms with Gasteiger partial charge in [0, 0.05) is 111 Å². The molecule has 0 radical (unpaired) electrons. The van der Waals surface area contributed by atoms with E-state index in [1.54, 1.807) is 0 Å². The Balaban J connectivity index is 0.764. The zero-order valence-corrected chi connectivity index (χ0v) is 70.2. The Bertz CT molecular complexity index is 7910. The molecule has 7 aromatic heterocycles. The van der Waals surface area contributed by atoms with Crippen LogP contribution in [-0.4, -0.2) is 83.9 Å². The first-order valence-corrected chi connectivity index (χ1v) is 42.9.